The third-order valence-corrected chi connectivity index (χ3v) is 4.73. The fourth-order valence-corrected chi connectivity index (χ4v) is 3.11. The second kappa shape index (κ2) is 9.26. The van der Waals surface area contributed by atoms with Gasteiger partial charge >= 0.3 is 5.97 Å². The molecule has 0 bridgehead atoms. The maximum Gasteiger partial charge on any atom is 0.342 e. The minimum Gasteiger partial charge on any atom is -0.497 e. The molecule has 1 amide bonds. The van der Waals surface area contributed by atoms with Gasteiger partial charge in [0.25, 0.3) is 5.91 Å². The van der Waals surface area contributed by atoms with E-state index in [2.05, 4.69) is 10.4 Å². The number of ether oxygens (including phenoxy) is 2. The van der Waals surface area contributed by atoms with Crippen LogP contribution in [-0.4, -0.2) is 35.4 Å². The Labute approximate surface area is 175 Å². The highest BCUT2D eigenvalue weighted by Crippen LogP contribution is 2.18. The monoisotopic (exact) mass is 407 g/mol. The summed E-state index contributed by atoms with van der Waals surface area (Å²) < 4.78 is 12.1. The van der Waals surface area contributed by atoms with E-state index in [9.17, 15) is 9.59 Å². The van der Waals surface area contributed by atoms with E-state index in [-0.39, 0.29) is 0 Å². The SMILES string of the molecule is COc1cccc(NC(=O)COC(=O)c2c(C)nn(Cc3ccc(C)cc3)c2C)c1. The lowest BCUT2D eigenvalue weighted by atomic mass is 10.1. The molecule has 0 unspecified atom stereocenters. The molecule has 156 valence electrons. The summed E-state index contributed by atoms with van der Waals surface area (Å²) in [5.41, 5.74) is 4.49. The third kappa shape index (κ3) is 5.05. The molecule has 0 spiro atoms. The first-order valence-corrected chi connectivity index (χ1v) is 9.58. The normalized spacial score (nSPS) is 10.5. The molecule has 0 aliphatic rings. The fraction of sp³-hybridized carbons (Fsp3) is 0.261. The number of methoxy groups -OCH3 is 1. The van der Waals surface area contributed by atoms with Gasteiger partial charge in [-0.1, -0.05) is 35.9 Å². The van der Waals surface area contributed by atoms with Gasteiger partial charge in [-0.3, -0.25) is 9.48 Å². The molecule has 3 rings (SSSR count). The maximum atomic E-state index is 12.6. The molecule has 7 heteroatoms. The van der Waals surface area contributed by atoms with Crippen LogP contribution in [0.1, 0.15) is 32.9 Å². The Morgan fingerprint density at radius 2 is 1.80 bits per heavy atom. The van der Waals surface area contributed by atoms with E-state index < -0.39 is 18.5 Å². The number of nitrogens with one attached hydrogen (secondary N) is 1. The van der Waals surface area contributed by atoms with Crippen LogP contribution >= 0.6 is 0 Å². The first-order chi connectivity index (χ1) is 14.4. The number of aromatic nitrogens is 2. The number of benzene rings is 2. The van der Waals surface area contributed by atoms with Gasteiger partial charge in [-0.15, -0.1) is 0 Å². The second-order valence-corrected chi connectivity index (χ2v) is 7.05. The van der Waals surface area contributed by atoms with Gasteiger partial charge in [0, 0.05) is 11.8 Å². The number of hydrogen-bond acceptors (Lipinski definition) is 5. The Morgan fingerprint density at radius 1 is 1.07 bits per heavy atom. The van der Waals surface area contributed by atoms with Gasteiger partial charge in [0.05, 0.1) is 25.0 Å². The number of nitrogens with zero attached hydrogens (tertiary/aromatic N) is 2. The highest BCUT2D eigenvalue weighted by Gasteiger charge is 2.21. The van der Waals surface area contributed by atoms with Gasteiger partial charge in [0.15, 0.2) is 6.61 Å². The quantitative estimate of drug-likeness (QED) is 0.605. The van der Waals surface area contributed by atoms with E-state index in [1.807, 2.05) is 38.1 Å². The zero-order valence-electron chi connectivity index (χ0n) is 17.6. The van der Waals surface area contributed by atoms with Crippen LogP contribution < -0.4 is 10.1 Å². The standard InChI is InChI=1S/C23H25N3O4/c1-15-8-10-18(11-9-15)13-26-17(3)22(16(2)25-26)23(28)30-14-21(27)24-19-6-5-7-20(12-19)29-4/h5-12H,13-14H2,1-4H3,(H,24,27). The van der Waals surface area contributed by atoms with Crippen LogP contribution in [-0.2, 0) is 16.1 Å². The summed E-state index contributed by atoms with van der Waals surface area (Å²) in [5.74, 6) is -0.378. The topological polar surface area (TPSA) is 82.4 Å². The number of hydrogen-bond donors (Lipinski definition) is 1. The van der Waals surface area contributed by atoms with Crippen LogP contribution in [0.5, 0.6) is 5.75 Å². The van der Waals surface area contributed by atoms with Gasteiger partial charge in [-0.2, -0.15) is 5.10 Å². The summed E-state index contributed by atoms with van der Waals surface area (Å²) in [6, 6.07) is 15.1. The zero-order valence-corrected chi connectivity index (χ0v) is 17.6. The van der Waals surface area contributed by atoms with Crippen molar-refractivity contribution in [1.29, 1.82) is 0 Å². The molecular formula is C23H25N3O4. The van der Waals surface area contributed by atoms with E-state index in [0.29, 0.717) is 34.9 Å². The molecule has 0 fully saturated rings. The number of esters is 1. The first-order valence-electron chi connectivity index (χ1n) is 9.58. The predicted molar refractivity (Wildman–Crippen MR) is 114 cm³/mol. The molecule has 1 aromatic heterocycles. The summed E-state index contributed by atoms with van der Waals surface area (Å²) in [6.45, 7) is 5.77. The smallest absolute Gasteiger partial charge is 0.342 e. The van der Waals surface area contributed by atoms with E-state index in [1.54, 1.807) is 43.0 Å². The van der Waals surface area contributed by atoms with Gasteiger partial charge in [0.1, 0.15) is 11.3 Å². The fourth-order valence-electron chi connectivity index (χ4n) is 3.11. The lowest BCUT2D eigenvalue weighted by Crippen LogP contribution is -2.21. The number of carbonyl (C=O) groups is 2. The first kappa shape index (κ1) is 21.1. The summed E-state index contributed by atoms with van der Waals surface area (Å²) >= 11 is 0. The molecule has 0 saturated carbocycles. The van der Waals surface area contributed by atoms with Crippen LogP contribution in [0, 0.1) is 20.8 Å². The van der Waals surface area contributed by atoms with Gasteiger partial charge in [0.2, 0.25) is 0 Å². The maximum absolute atomic E-state index is 12.6. The zero-order chi connectivity index (χ0) is 21.7. The predicted octanol–water partition coefficient (Wildman–Crippen LogP) is 3.66. The molecule has 3 aromatic rings. The Hall–Kier alpha value is -3.61. The van der Waals surface area contributed by atoms with Crippen LogP contribution in [0.15, 0.2) is 48.5 Å². The number of amides is 1. The van der Waals surface area contributed by atoms with Gasteiger partial charge in [-0.05, 0) is 38.5 Å². The number of aryl methyl sites for hydroxylation is 2. The highest BCUT2D eigenvalue weighted by atomic mass is 16.5. The van der Waals surface area contributed by atoms with Crippen molar-refractivity contribution in [2.24, 2.45) is 0 Å². The average Bonchev–Trinajstić information content (AvgIpc) is 3.01. The van der Waals surface area contributed by atoms with Crippen molar-refractivity contribution in [2.45, 2.75) is 27.3 Å². The van der Waals surface area contributed by atoms with Crippen LogP contribution in [0.3, 0.4) is 0 Å². The summed E-state index contributed by atoms with van der Waals surface area (Å²) in [4.78, 5) is 24.7. The summed E-state index contributed by atoms with van der Waals surface area (Å²) in [7, 11) is 1.55. The third-order valence-electron chi connectivity index (χ3n) is 4.73. The van der Waals surface area contributed by atoms with Crippen molar-refractivity contribution in [2.75, 3.05) is 19.0 Å². The number of anilines is 1. The van der Waals surface area contributed by atoms with Crippen molar-refractivity contribution < 1.29 is 19.1 Å². The molecule has 0 radical (unpaired) electrons. The van der Waals surface area contributed by atoms with E-state index >= 15 is 0 Å². The Balaban J connectivity index is 1.63. The molecule has 2 aromatic carbocycles. The lowest BCUT2D eigenvalue weighted by Gasteiger charge is -2.08. The molecular weight excluding hydrogens is 382 g/mol. The Bertz CT molecular complexity index is 1050. The second-order valence-electron chi connectivity index (χ2n) is 7.05. The minimum absolute atomic E-state index is 0.385. The van der Waals surface area contributed by atoms with Crippen molar-refractivity contribution in [3.8, 4) is 5.75 Å². The Morgan fingerprint density at radius 3 is 2.50 bits per heavy atom. The molecule has 0 saturated heterocycles. The molecule has 0 atom stereocenters. The summed E-state index contributed by atoms with van der Waals surface area (Å²) in [6.07, 6.45) is 0. The van der Waals surface area contributed by atoms with Crippen molar-refractivity contribution in [3.63, 3.8) is 0 Å². The molecule has 7 nitrogen and oxygen atoms in total. The van der Waals surface area contributed by atoms with Gasteiger partial charge in [-0.25, -0.2) is 4.79 Å². The van der Waals surface area contributed by atoms with E-state index in [4.69, 9.17) is 9.47 Å². The molecule has 30 heavy (non-hydrogen) atoms. The van der Waals surface area contributed by atoms with Crippen LogP contribution in [0.4, 0.5) is 5.69 Å². The van der Waals surface area contributed by atoms with Crippen molar-refractivity contribution in [1.82, 2.24) is 9.78 Å². The molecule has 0 aliphatic heterocycles. The van der Waals surface area contributed by atoms with E-state index in [1.165, 1.54) is 5.56 Å². The lowest BCUT2D eigenvalue weighted by molar-refractivity contribution is -0.119. The number of rotatable bonds is 7. The van der Waals surface area contributed by atoms with E-state index in [0.717, 1.165) is 5.56 Å². The summed E-state index contributed by atoms with van der Waals surface area (Å²) in [5, 5.41) is 7.14. The average molecular weight is 407 g/mol. The van der Waals surface area contributed by atoms with Crippen LogP contribution in [0.25, 0.3) is 0 Å². The highest BCUT2D eigenvalue weighted by molar-refractivity contribution is 5.96. The van der Waals surface area contributed by atoms with Gasteiger partial charge < -0.3 is 14.8 Å². The number of carbonyl (C=O) groups excluding carboxylic acids is 2. The molecule has 1 heterocycles. The molecule has 0 aliphatic carbocycles. The van der Waals surface area contributed by atoms with Crippen molar-refractivity contribution in [3.05, 3.63) is 76.6 Å². The van der Waals surface area contributed by atoms with Crippen LogP contribution in [0.2, 0.25) is 0 Å². The largest absolute Gasteiger partial charge is 0.497 e. The molecule has 1 N–H and O–H groups in total. The minimum atomic E-state index is -0.569. The Kier molecular flexibility index (Phi) is 6.51. The van der Waals surface area contributed by atoms with Crippen molar-refractivity contribution >= 4 is 17.6 Å².